The number of nitrogens with one attached hydrogen (secondary N) is 10. The Balaban J connectivity index is 1.42. The highest BCUT2D eigenvalue weighted by Gasteiger charge is 2.46. The lowest BCUT2D eigenvalue weighted by atomic mass is 9.97. The van der Waals surface area contributed by atoms with Gasteiger partial charge in [0.2, 0.25) is 82.7 Å². The van der Waals surface area contributed by atoms with Crippen molar-refractivity contribution in [3.05, 3.63) is 59.7 Å². The molecule has 4 saturated heterocycles. The number of nitrogens with zero attached hydrogens (tertiary/aromatic N) is 3. The summed E-state index contributed by atoms with van der Waals surface area (Å²) in [5.74, 6) is -12.3. The maximum Gasteiger partial charge on any atom is 0.246 e. The van der Waals surface area contributed by atoms with Gasteiger partial charge in [0.25, 0.3) is 0 Å². The third kappa shape index (κ3) is 26.0. The average Bonchev–Trinajstić information content (AvgIpc) is 1.72. The van der Waals surface area contributed by atoms with Gasteiger partial charge in [-0.2, -0.15) is 0 Å². The molecule has 6 rings (SSSR count). The number of hydrogen-bond donors (Lipinski definition) is 15. The van der Waals surface area contributed by atoms with E-state index in [0.717, 1.165) is 21.6 Å². The minimum Gasteiger partial charge on any atom is -0.508 e. The molecule has 14 amide bonds. The first-order chi connectivity index (χ1) is 50.7. The zero-order valence-corrected chi connectivity index (χ0v) is 64.4. The number of benzene rings is 2. The fourth-order valence-corrected chi connectivity index (χ4v) is 15.9. The first-order valence-electron chi connectivity index (χ1n) is 37.2. The number of phenolic OH excluding ortho intramolecular Hbond substituents is 2. The van der Waals surface area contributed by atoms with Crippen molar-refractivity contribution in [2.45, 2.75) is 231 Å². The van der Waals surface area contributed by atoms with E-state index in [9.17, 15) is 67.7 Å². The fourth-order valence-electron chi connectivity index (χ4n) is 13.6. The third-order valence-corrected chi connectivity index (χ3v) is 21.8. The lowest BCUT2D eigenvalue weighted by molar-refractivity contribution is -0.147. The van der Waals surface area contributed by atoms with Crippen LogP contribution in [0.15, 0.2) is 48.5 Å². The van der Waals surface area contributed by atoms with Crippen molar-refractivity contribution >= 4 is 104 Å². The van der Waals surface area contributed by atoms with Crippen molar-refractivity contribution in [1.82, 2.24) is 67.9 Å². The molecule has 592 valence electrons. The molecule has 32 nitrogen and oxygen atoms in total. The molecule has 18 N–H and O–H groups in total. The van der Waals surface area contributed by atoms with Crippen LogP contribution in [0.5, 0.6) is 11.5 Å². The molecule has 0 radical (unpaired) electrons. The quantitative estimate of drug-likeness (QED) is 0.0588. The molecule has 0 aromatic heterocycles. The summed E-state index contributed by atoms with van der Waals surface area (Å²) in [6.07, 6.45) is 1.46. The van der Waals surface area contributed by atoms with E-state index >= 15 is 9.59 Å². The van der Waals surface area contributed by atoms with E-state index in [0.29, 0.717) is 36.8 Å². The Morgan fingerprint density at radius 2 is 0.972 bits per heavy atom. The maximum atomic E-state index is 15.1. The van der Waals surface area contributed by atoms with Gasteiger partial charge in [0.05, 0.1) is 0 Å². The Labute approximate surface area is 633 Å². The number of carbonyl (C=O) groups excluding carboxylic acids is 14. The van der Waals surface area contributed by atoms with Gasteiger partial charge in [-0.3, -0.25) is 67.1 Å². The van der Waals surface area contributed by atoms with Crippen LogP contribution in [0.4, 0.5) is 0 Å². The average molecular weight is 1530 g/mol. The molecule has 0 saturated carbocycles. The first kappa shape index (κ1) is 87.2. The summed E-state index contributed by atoms with van der Waals surface area (Å²) in [6, 6.07) is -5.32. The summed E-state index contributed by atoms with van der Waals surface area (Å²) < 4.78 is 0. The maximum absolute atomic E-state index is 15.1. The standard InChI is InChI=1S/C73H112N16O16S2/c1-10-42(8)60(61(76)93)86-67(99)51(33-40(4)5)80-62(94)48(25-27-74)78-68(100)55-37-106-107-38-56(77-43(9)90)72(104)89-31-13-16-59(89)73(105)88-30-12-15-58(88)70(102)83-53(36-45-19-23-47(92)24-20-45)66(98)84-54(34-41(6)7)71(103)87-29-11-14-57(87)69(101)79-49(26-28-75)63(95)82-52(35-44-17-21-46(91)22-18-44)65(97)81-50(32-39(2)3)64(96)85-55/h17-24,39-42,48-60,91-92H,10-16,25-38,74-75H2,1-9H3,(H2,76,93)(H,77,90)(H,78,100)(H,79,101)(H,80,94)(H,81,97)(H,82,95)(H,83,102)(H,84,98)(H,85,96)(H,86,99)/t42-,48+,49+,50-,51-,52-,53-,54-,55-,56-,57-,58-,59-,60-/m0/s1. The van der Waals surface area contributed by atoms with Crippen molar-refractivity contribution in [3.63, 3.8) is 0 Å². The molecule has 4 heterocycles. The SMILES string of the molecule is CC[C@H](C)[C@H](NC(=O)[C@H](CC(C)C)NC(=O)[C@@H](CCN)NC(=O)[C@@H]1CSSC[C@H](NC(C)=O)C(=O)N2CCC[C@H]2C(=O)N2CCC[C@H]2C(=O)N[C@@H](Cc2ccc(O)cc2)C(=O)N[C@@H](CC(C)C)C(=O)N2CCC[C@H]2C(=O)N[C@H](CCN)C(=O)N[C@@H](Cc2ccc(O)cc2)C(=O)N[C@@H](CC(C)C)C(=O)N1)C(N)=O. The molecule has 4 aliphatic rings. The summed E-state index contributed by atoms with van der Waals surface area (Å²) in [5.41, 5.74) is 18.8. The second-order valence-corrected chi connectivity index (χ2v) is 32.0. The normalized spacial score (nSPS) is 24.9. The number of nitrogens with two attached hydrogens (primary N) is 3. The molecule has 2 aromatic carbocycles. The Hall–Kier alpha value is -8.76. The molecule has 0 aliphatic carbocycles. The minimum absolute atomic E-state index is 0.0600. The van der Waals surface area contributed by atoms with Crippen molar-refractivity contribution in [3.8, 4) is 11.5 Å². The Bertz CT molecular complexity index is 3440. The Morgan fingerprint density at radius 1 is 0.523 bits per heavy atom. The zero-order valence-electron chi connectivity index (χ0n) is 62.8. The Morgan fingerprint density at radius 3 is 1.47 bits per heavy atom. The van der Waals surface area contributed by atoms with E-state index in [1.54, 1.807) is 32.9 Å². The van der Waals surface area contributed by atoms with Crippen molar-refractivity contribution < 1.29 is 77.3 Å². The lowest BCUT2D eigenvalue weighted by Crippen LogP contribution is -2.61. The van der Waals surface area contributed by atoms with Gasteiger partial charge in [-0.1, -0.05) is 108 Å². The molecule has 14 atom stereocenters. The summed E-state index contributed by atoms with van der Waals surface area (Å²) in [6.45, 7) is 15.5. The van der Waals surface area contributed by atoms with Gasteiger partial charge < -0.3 is 95.3 Å². The fraction of sp³-hybridized carbons (Fsp3) is 0.644. The molecule has 4 aliphatic heterocycles. The molecule has 4 fully saturated rings. The van der Waals surface area contributed by atoms with Crippen molar-refractivity contribution in [1.29, 1.82) is 0 Å². The summed E-state index contributed by atoms with van der Waals surface area (Å²) in [4.78, 5) is 207. The highest BCUT2D eigenvalue weighted by molar-refractivity contribution is 8.76. The van der Waals surface area contributed by atoms with Gasteiger partial charge in [-0.15, -0.1) is 0 Å². The van der Waals surface area contributed by atoms with Crippen LogP contribution in [-0.4, -0.2) is 230 Å². The molecule has 0 spiro atoms. The molecule has 0 bridgehead atoms. The molecule has 107 heavy (non-hydrogen) atoms. The molecule has 2 aromatic rings. The summed E-state index contributed by atoms with van der Waals surface area (Å²) in [7, 11) is 1.99. The lowest BCUT2D eigenvalue weighted by Gasteiger charge is -2.33. The van der Waals surface area contributed by atoms with Gasteiger partial charge in [0.1, 0.15) is 90.0 Å². The molecule has 34 heteroatoms. The van der Waals surface area contributed by atoms with Crippen LogP contribution in [0.1, 0.15) is 150 Å². The monoisotopic (exact) mass is 1530 g/mol. The predicted octanol–water partition coefficient (Wildman–Crippen LogP) is -0.514. The highest BCUT2D eigenvalue weighted by atomic mass is 33.1. The zero-order chi connectivity index (χ0) is 78.9. The summed E-state index contributed by atoms with van der Waals surface area (Å²) >= 11 is 0. The van der Waals surface area contributed by atoms with E-state index < -0.39 is 161 Å². The number of fused-ring (bicyclic) bond motifs is 3. The van der Waals surface area contributed by atoms with E-state index in [1.807, 2.05) is 34.6 Å². The number of phenols is 2. The van der Waals surface area contributed by atoms with Crippen LogP contribution in [0, 0.1) is 23.7 Å². The number of amides is 14. The van der Waals surface area contributed by atoms with E-state index in [-0.39, 0.29) is 144 Å². The number of hydrogen-bond acceptors (Lipinski definition) is 20. The van der Waals surface area contributed by atoms with Gasteiger partial charge >= 0.3 is 0 Å². The smallest absolute Gasteiger partial charge is 0.246 e. The number of carbonyl (C=O) groups is 14. The van der Waals surface area contributed by atoms with Crippen LogP contribution in [0.25, 0.3) is 0 Å². The minimum atomic E-state index is -1.57. The predicted molar refractivity (Wildman–Crippen MR) is 402 cm³/mol. The van der Waals surface area contributed by atoms with Crippen LogP contribution < -0.4 is 70.4 Å². The van der Waals surface area contributed by atoms with Crippen LogP contribution in [0.2, 0.25) is 0 Å². The van der Waals surface area contributed by atoms with E-state index in [4.69, 9.17) is 17.2 Å². The number of aromatic hydroxyl groups is 2. The van der Waals surface area contributed by atoms with E-state index in [2.05, 4.69) is 53.2 Å². The van der Waals surface area contributed by atoms with Gasteiger partial charge in [-0.25, -0.2) is 0 Å². The van der Waals surface area contributed by atoms with Crippen LogP contribution in [0.3, 0.4) is 0 Å². The number of rotatable bonds is 24. The number of primary amides is 1. The molecule has 0 unspecified atom stereocenters. The van der Waals surface area contributed by atoms with Gasteiger partial charge in [-0.05, 0) is 143 Å². The molecular weight excluding hydrogens is 1420 g/mol. The van der Waals surface area contributed by atoms with Crippen molar-refractivity contribution in [2.24, 2.45) is 40.9 Å². The molecular formula is C73H112N16O16S2. The van der Waals surface area contributed by atoms with Crippen LogP contribution in [-0.2, 0) is 80.0 Å². The Kier molecular flexibility index (Phi) is 34.3. The van der Waals surface area contributed by atoms with Gasteiger partial charge in [0.15, 0.2) is 0 Å². The third-order valence-electron chi connectivity index (χ3n) is 19.4. The van der Waals surface area contributed by atoms with Crippen molar-refractivity contribution in [2.75, 3.05) is 44.2 Å². The largest absolute Gasteiger partial charge is 0.508 e. The highest BCUT2D eigenvalue weighted by Crippen LogP contribution is 2.30. The first-order valence-corrected chi connectivity index (χ1v) is 39.6. The second-order valence-electron chi connectivity index (χ2n) is 29.4. The second kappa shape index (κ2) is 42.1. The summed E-state index contributed by atoms with van der Waals surface area (Å²) in [5, 5.41) is 47.9. The van der Waals surface area contributed by atoms with Crippen LogP contribution >= 0.6 is 21.6 Å². The topological polar surface area (TPSA) is 488 Å². The van der Waals surface area contributed by atoms with Gasteiger partial charge in [0, 0.05) is 50.9 Å². The van der Waals surface area contributed by atoms with E-state index in [1.165, 1.54) is 58.0 Å².